The molecule has 54 valence electrons. The summed E-state index contributed by atoms with van der Waals surface area (Å²) in [6, 6.07) is 0. The summed E-state index contributed by atoms with van der Waals surface area (Å²) in [5.74, 6) is 0. The Bertz CT molecular complexity index is 88.9. The highest BCUT2D eigenvalue weighted by molar-refractivity contribution is 4.91. The number of hydrogen-bond acceptors (Lipinski definition) is 2. The highest BCUT2D eigenvalue weighted by Gasteiger charge is 1.81. The third kappa shape index (κ3) is 5.37. The molecule has 0 aliphatic rings. The first kappa shape index (κ1) is 8.50. The summed E-state index contributed by atoms with van der Waals surface area (Å²) in [6.45, 7) is 4.13. The monoisotopic (exact) mass is 129 g/mol. The van der Waals surface area contributed by atoms with Gasteiger partial charge in [-0.05, 0) is 13.3 Å². The fourth-order valence-electron chi connectivity index (χ4n) is 0.563. The van der Waals surface area contributed by atoms with Gasteiger partial charge in [0.15, 0.2) is 0 Å². The van der Waals surface area contributed by atoms with Crippen molar-refractivity contribution in [1.82, 2.24) is 5.48 Å². The summed E-state index contributed by atoms with van der Waals surface area (Å²) < 4.78 is 0. The summed E-state index contributed by atoms with van der Waals surface area (Å²) in [5, 5.41) is 0. The van der Waals surface area contributed by atoms with E-state index in [0.717, 1.165) is 12.1 Å². The van der Waals surface area contributed by atoms with Crippen LogP contribution in [0.2, 0.25) is 0 Å². The molecule has 0 bridgehead atoms. The highest BCUT2D eigenvalue weighted by Crippen LogP contribution is 1.93. The van der Waals surface area contributed by atoms with Gasteiger partial charge in [0.05, 0.1) is 7.11 Å². The first-order chi connectivity index (χ1) is 4.31. The molecule has 0 aliphatic carbocycles. The molecule has 0 saturated carbocycles. The first-order valence-corrected chi connectivity index (χ1v) is 3.27. The first-order valence-electron chi connectivity index (χ1n) is 3.27. The standard InChI is InChI=1S/C7H15NO/c1-4-5-6-7(2)8-9-3/h6,8H,4-5H2,1-3H3. The molecule has 0 unspecified atom stereocenters. The van der Waals surface area contributed by atoms with Crippen molar-refractivity contribution in [3.05, 3.63) is 11.8 Å². The second kappa shape index (κ2) is 5.63. The minimum Gasteiger partial charge on any atom is -0.280 e. The summed E-state index contributed by atoms with van der Waals surface area (Å²) in [7, 11) is 1.61. The van der Waals surface area contributed by atoms with Crippen molar-refractivity contribution in [1.29, 1.82) is 0 Å². The summed E-state index contributed by atoms with van der Waals surface area (Å²) in [4.78, 5) is 4.68. The van der Waals surface area contributed by atoms with Gasteiger partial charge in [0, 0.05) is 5.70 Å². The Balaban J connectivity index is 3.30. The van der Waals surface area contributed by atoms with Crippen molar-refractivity contribution in [2.24, 2.45) is 0 Å². The van der Waals surface area contributed by atoms with Crippen molar-refractivity contribution in [3.8, 4) is 0 Å². The number of hydrogen-bond donors (Lipinski definition) is 1. The van der Waals surface area contributed by atoms with Gasteiger partial charge >= 0.3 is 0 Å². The second-order valence-corrected chi connectivity index (χ2v) is 1.98. The quantitative estimate of drug-likeness (QED) is 0.585. The third-order valence-electron chi connectivity index (χ3n) is 1.00. The van der Waals surface area contributed by atoms with E-state index < -0.39 is 0 Å². The largest absolute Gasteiger partial charge is 0.280 e. The maximum atomic E-state index is 4.68. The zero-order valence-electron chi connectivity index (χ0n) is 6.40. The zero-order valence-corrected chi connectivity index (χ0v) is 6.40. The van der Waals surface area contributed by atoms with E-state index in [2.05, 4.69) is 23.3 Å². The molecular weight excluding hydrogens is 114 g/mol. The lowest BCUT2D eigenvalue weighted by atomic mass is 10.3. The third-order valence-corrected chi connectivity index (χ3v) is 1.00. The molecule has 0 heterocycles. The maximum Gasteiger partial charge on any atom is 0.0636 e. The van der Waals surface area contributed by atoms with Crippen LogP contribution in [-0.2, 0) is 4.84 Å². The molecule has 1 N–H and O–H groups in total. The van der Waals surface area contributed by atoms with Crippen LogP contribution in [0, 0.1) is 0 Å². The van der Waals surface area contributed by atoms with Gasteiger partial charge in [-0.1, -0.05) is 19.4 Å². The van der Waals surface area contributed by atoms with Gasteiger partial charge in [0.2, 0.25) is 0 Å². The van der Waals surface area contributed by atoms with Gasteiger partial charge in [0.25, 0.3) is 0 Å². The van der Waals surface area contributed by atoms with Gasteiger partial charge in [0.1, 0.15) is 0 Å². The molecule has 2 heteroatoms. The summed E-state index contributed by atoms with van der Waals surface area (Å²) in [5.41, 5.74) is 3.82. The lowest BCUT2D eigenvalue weighted by molar-refractivity contribution is 0.118. The van der Waals surface area contributed by atoms with E-state index in [4.69, 9.17) is 0 Å². The molecular formula is C7H15NO. The van der Waals surface area contributed by atoms with Crippen LogP contribution < -0.4 is 5.48 Å². The number of unbranched alkanes of at least 4 members (excludes halogenated alkanes) is 1. The van der Waals surface area contributed by atoms with Crippen LogP contribution in [0.25, 0.3) is 0 Å². The number of nitrogens with one attached hydrogen (secondary N) is 1. The summed E-state index contributed by atoms with van der Waals surface area (Å²) in [6.07, 6.45) is 4.41. The molecule has 0 spiro atoms. The van der Waals surface area contributed by atoms with Crippen LogP contribution in [0.5, 0.6) is 0 Å². The maximum absolute atomic E-state index is 4.68. The fraction of sp³-hybridized carbons (Fsp3) is 0.714. The van der Waals surface area contributed by atoms with Crippen molar-refractivity contribution in [2.45, 2.75) is 26.7 Å². The molecule has 0 aromatic carbocycles. The van der Waals surface area contributed by atoms with Crippen LogP contribution in [0.3, 0.4) is 0 Å². The molecule has 2 nitrogen and oxygen atoms in total. The Kier molecular flexibility index (Phi) is 5.32. The van der Waals surface area contributed by atoms with Crippen LogP contribution in [0.15, 0.2) is 11.8 Å². The van der Waals surface area contributed by atoms with Crippen molar-refractivity contribution < 1.29 is 4.84 Å². The molecule has 0 fully saturated rings. The minimum absolute atomic E-state index is 1.08. The van der Waals surface area contributed by atoms with Crippen LogP contribution in [-0.4, -0.2) is 7.11 Å². The van der Waals surface area contributed by atoms with Gasteiger partial charge in [-0.25, -0.2) is 0 Å². The van der Waals surface area contributed by atoms with Crippen molar-refractivity contribution in [3.63, 3.8) is 0 Å². The second-order valence-electron chi connectivity index (χ2n) is 1.98. The fourth-order valence-corrected chi connectivity index (χ4v) is 0.563. The lowest BCUT2D eigenvalue weighted by Crippen LogP contribution is -2.07. The van der Waals surface area contributed by atoms with Crippen LogP contribution >= 0.6 is 0 Å². The van der Waals surface area contributed by atoms with Crippen molar-refractivity contribution >= 4 is 0 Å². The van der Waals surface area contributed by atoms with E-state index >= 15 is 0 Å². The van der Waals surface area contributed by atoms with Crippen LogP contribution in [0.1, 0.15) is 26.7 Å². The molecule has 9 heavy (non-hydrogen) atoms. The normalized spacial score (nSPS) is 11.7. The number of rotatable bonds is 4. The smallest absolute Gasteiger partial charge is 0.0636 e. The Labute approximate surface area is 56.9 Å². The molecule has 0 aliphatic heterocycles. The Morgan fingerprint density at radius 1 is 1.67 bits per heavy atom. The molecule has 0 amide bonds. The van der Waals surface area contributed by atoms with E-state index in [1.165, 1.54) is 6.42 Å². The predicted molar refractivity (Wildman–Crippen MR) is 38.8 cm³/mol. The summed E-state index contributed by atoms with van der Waals surface area (Å²) >= 11 is 0. The van der Waals surface area contributed by atoms with E-state index in [0.29, 0.717) is 0 Å². The molecule has 0 atom stereocenters. The average Bonchev–Trinajstić information content (AvgIpc) is 1.85. The topological polar surface area (TPSA) is 21.3 Å². The van der Waals surface area contributed by atoms with Crippen molar-refractivity contribution in [2.75, 3.05) is 7.11 Å². The Morgan fingerprint density at radius 2 is 2.33 bits per heavy atom. The molecule has 0 aromatic rings. The van der Waals surface area contributed by atoms with E-state index in [-0.39, 0.29) is 0 Å². The minimum atomic E-state index is 1.08. The number of hydroxylamine groups is 1. The van der Waals surface area contributed by atoms with Gasteiger partial charge in [-0.2, -0.15) is 0 Å². The van der Waals surface area contributed by atoms with E-state index in [1.54, 1.807) is 7.11 Å². The van der Waals surface area contributed by atoms with Gasteiger partial charge in [-0.3, -0.25) is 10.3 Å². The van der Waals surface area contributed by atoms with Gasteiger partial charge in [-0.15, -0.1) is 0 Å². The SMILES string of the molecule is CCCC=C(C)NOC. The molecule has 0 radical (unpaired) electrons. The zero-order chi connectivity index (χ0) is 7.11. The van der Waals surface area contributed by atoms with Crippen LogP contribution in [0.4, 0.5) is 0 Å². The Morgan fingerprint density at radius 3 is 2.78 bits per heavy atom. The van der Waals surface area contributed by atoms with Gasteiger partial charge < -0.3 is 0 Å². The van der Waals surface area contributed by atoms with E-state index in [1.807, 2.05) is 6.92 Å². The molecule has 0 aromatic heterocycles. The molecule has 0 saturated heterocycles. The Hall–Kier alpha value is -0.500. The number of allylic oxidation sites excluding steroid dienone is 2. The molecule has 0 rings (SSSR count). The predicted octanol–water partition coefficient (Wildman–Crippen LogP) is 1.84. The average molecular weight is 129 g/mol. The lowest BCUT2D eigenvalue weighted by Gasteiger charge is -2.00. The highest BCUT2D eigenvalue weighted by atomic mass is 16.6. The van der Waals surface area contributed by atoms with E-state index in [9.17, 15) is 0 Å².